The minimum absolute atomic E-state index is 0.0100. The summed E-state index contributed by atoms with van der Waals surface area (Å²) in [5.74, 6) is 0.204. The van der Waals surface area contributed by atoms with E-state index in [9.17, 15) is 13.2 Å². The zero-order valence-corrected chi connectivity index (χ0v) is 13.7. The molecule has 1 amide bonds. The number of nitrogens with one attached hydrogen (secondary N) is 1. The summed E-state index contributed by atoms with van der Waals surface area (Å²) in [6.45, 7) is 1.90. The number of benzene rings is 1. The highest BCUT2D eigenvalue weighted by atomic mass is 35.5. The molecule has 1 saturated carbocycles. The molecule has 1 aromatic carbocycles. The van der Waals surface area contributed by atoms with E-state index in [4.69, 9.17) is 28.3 Å². The lowest BCUT2D eigenvalue weighted by Gasteiger charge is -2.15. The maximum Gasteiger partial charge on any atom is 0.253 e. The molecule has 5 nitrogen and oxygen atoms in total. The van der Waals surface area contributed by atoms with Crippen LogP contribution >= 0.6 is 23.2 Å². The lowest BCUT2D eigenvalue weighted by Crippen LogP contribution is -2.33. The fourth-order valence-electron chi connectivity index (χ4n) is 2.15. The van der Waals surface area contributed by atoms with Crippen molar-refractivity contribution in [3.8, 4) is 0 Å². The Bertz CT molecular complexity index is 672. The first-order valence-electron chi connectivity index (χ1n) is 6.51. The Morgan fingerprint density at radius 2 is 2.05 bits per heavy atom. The van der Waals surface area contributed by atoms with Crippen LogP contribution in [0, 0.1) is 5.92 Å². The average Bonchev–Trinajstić information content (AvgIpc) is 3.13. The van der Waals surface area contributed by atoms with E-state index >= 15 is 0 Å². The lowest BCUT2D eigenvalue weighted by molar-refractivity contribution is 0.0937. The molecule has 3 N–H and O–H groups in total. The van der Waals surface area contributed by atoms with Gasteiger partial charge in [-0.2, -0.15) is 0 Å². The maximum absolute atomic E-state index is 12.2. The summed E-state index contributed by atoms with van der Waals surface area (Å²) in [7, 11) is -4.05. The number of hydrogen-bond donors (Lipinski definition) is 2. The van der Waals surface area contributed by atoms with Crippen molar-refractivity contribution >= 4 is 39.1 Å². The fraction of sp³-hybridized carbons (Fsp3) is 0.462. The fourth-order valence-corrected chi connectivity index (χ4v) is 3.60. The second-order valence-electron chi connectivity index (χ2n) is 5.36. The van der Waals surface area contributed by atoms with Crippen LogP contribution in [0.4, 0.5) is 0 Å². The summed E-state index contributed by atoms with van der Waals surface area (Å²) in [5, 5.41) is 7.74. The molecule has 0 aromatic heterocycles. The molecule has 1 fully saturated rings. The van der Waals surface area contributed by atoms with E-state index in [0.29, 0.717) is 5.92 Å². The van der Waals surface area contributed by atoms with Crippen molar-refractivity contribution in [2.24, 2.45) is 11.1 Å². The number of carbonyl (C=O) groups excluding carboxylic acids is 1. The van der Waals surface area contributed by atoms with Crippen molar-refractivity contribution < 1.29 is 13.2 Å². The molecule has 0 radical (unpaired) electrons. The van der Waals surface area contributed by atoms with Gasteiger partial charge in [-0.05, 0) is 31.4 Å². The van der Waals surface area contributed by atoms with Crippen LogP contribution in [0.2, 0.25) is 10.0 Å². The molecule has 0 aliphatic heterocycles. The van der Waals surface area contributed by atoms with Gasteiger partial charge in [0.2, 0.25) is 10.0 Å². The van der Waals surface area contributed by atoms with Gasteiger partial charge in [0.25, 0.3) is 5.91 Å². The summed E-state index contributed by atoms with van der Waals surface area (Å²) in [4.78, 5) is 11.9. The van der Waals surface area contributed by atoms with E-state index in [2.05, 4.69) is 5.32 Å². The average molecular weight is 351 g/mol. The normalized spacial score (nSPS) is 16.6. The summed E-state index contributed by atoms with van der Waals surface area (Å²) >= 11 is 11.8. The summed E-state index contributed by atoms with van der Waals surface area (Å²) in [6, 6.07) is 2.44. The molecule has 1 atom stereocenters. The van der Waals surface area contributed by atoms with Gasteiger partial charge >= 0.3 is 0 Å². The molecule has 0 saturated heterocycles. The Kier molecular flexibility index (Phi) is 4.82. The SMILES string of the molecule is CC(CC1CC1)NC(=O)c1cc(Cl)cc(S(N)(=O)=O)c1Cl. The second kappa shape index (κ2) is 6.12. The third-order valence-corrected chi connectivity index (χ3v) is 4.99. The number of hydrogen-bond acceptors (Lipinski definition) is 3. The Morgan fingerprint density at radius 1 is 1.43 bits per heavy atom. The van der Waals surface area contributed by atoms with Gasteiger partial charge < -0.3 is 5.32 Å². The maximum atomic E-state index is 12.2. The Morgan fingerprint density at radius 3 is 2.57 bits per heavy atom. The van der Waals surface area contributed by atoms with Crippen molar-refractivity contribution in [3.05, 3.63) is 27.7 Å². The van der Waals surface area contributed by atoms with Crippen molar-refractivity contribution in [2.45, 2.75) is 37.1 Å². The van der Waals surface area contributed by atoms with E-state index in [1.54, 1.807) is 0 Å². The van der Waals surface area contributed by atoms with Gasteiger partial charge in [-0.3, -0.25) is 4.79 Å². The van der Waals surface area contributed by atoms with Crippen LogP contribution in [0.3, 0.4) is 0 Å². The third-order valence-electron chi connectivity index (χ3n) is 3.32. The molecule has 1 unspecified atom stereocenters. The zero-order valence-electron chi connectivity index (χ0n) is 11.4. The Hall–Kier alpha value is -0.820. The molecular formula is C13H16Cl2N2O3S. The topological polar surface area (TPSA) is 89.3 Å². The number of sulfonamides is 1. The quantitative estimate of drug-likeness (QED) is 0.854. The van der Waals surface area contributed by atoms with Crippen LogP contribution in [-0.4, -0.2) is 20.4 Å². The van der Waals surface area contributed by atoms with Gasteiger partial charge in [0.15, 0.2) is 0 Å². The van der Waals surface area contributed by atoms with Gasteiger partial charge in [0.1, 0.15) is 4.90 Å². The molecule has 1 aliphatic rings. The van der Waals surface area contributed by atoms with Crippen molar-refractivity contribution in [3.63, 3.8) is 0 Å². The minimum atomic E-state index is -4.05. The molecule has 8 heteroatoms. The Labute approximate surface area is 133 Å². The number of nitrogens with two attached hydrogens (primary N) is 1. The van der Waals surface area contributed by atoms with Crippen LogP contribution in [0.15, 0.2) is 17.0 Å². The van der Waals surface area contributed by atoms with Crippen LogP contribution in [0.1, 0.15) is 36.5 Å². The Balaban J connectivity index is 2.25. The molecular weight excluding hydrogens is 335 g/mol. The monoisotopic (exact) mass is 350 g/mol. The number of halogens is 2. The molecule has 21 heavy (non-hydrogen) atoms. The molecule has 1 aliphatic carbocycles. The molecule has 2 rings (SSSR count). The van der Waals surface area contributed by atoms with Gasteiger partial charge in [-0.15, -0.1) is 0 Å². The van der Waals surface area contributed by atoms with Crippen molar-refractivity contribution in [1.82, 2.24) is 5.32 Å². The van der Waals surface area contributed by atoms with E-state index in [1.807, 2.05) is 6.92 Å². The van der Waals surface area contributed by atoms with E-state index in [-0.39, 0.29) is 26.5 Å². The van der Waals surface area contributed by atoms with Crippen molar-refractivity contribution in [2.75, 3.05) is 0 Å². The minimum Gasteiger partial charge on any atom is -0.350 e. The summed E-state index contributed by atoms with van der Waals surface area (Å²) in [5.41, 5.74) is 0.0100. The van der Waals surface area contributed by atoms with Gasteiger partial charge in [-0.25, -0.2) is 13.6 Å². The van der Waals surface area contributed by atoms with Gasteiger partial charge in [0, 0.05) is 11.1 Å². The predicted molar refractivity (Wildman–Crippen MR) is 82.1 cm³/mol. The highest BCUT2D eigenvalue weighted by molar-refractivity contribution is 7.89. The van der Waals surface area contributed by atoms with Crippen LogP contribution in [-0.2, 0) is 10.0 Å². The molecule has 116 valence electrons. The molecule has 0 bridgehead atoms. The first-order valence-corrected chi connectivity index (χ1v) is 8.81. The highest BCUT2D eigenvalue weighted by Crippen LogP contribution is 2.33. The van der Waals surface area contributed by atoms with Crippen LogP contribution in [0.5, 0.6) is 0 Å². The zero-order chi connectivity index (χ0) is 15.8. The largest absolute Gasteiger partial charge is 0.350 e. The number of amides is 1. The van der Waals surface area contributed by atoms with E-state index in [1.165, 1.54) is 18.9 Å². The predicted octanol–water partition coefficient (Wildman–Crippen LogP) is 2.56. The summed E-state index contributed by atoms with van der Waals surface area (Å²) < 4.78 is 22.9. The summed E-state index contributed by atoms with van der Waals surface area (Å²) in [6.07, 6.45) is 3.27. The number of rotatable bonds is 5. The van der Waals surface area contributed by atoms with E-state index < -0.39 is 15.9 Å². The second-order valence-corrected chi connectivity index (χ2v) is 7.71. The van der Waals surface area contributed by atoms with Crippen molar-refractivity contribution in [1.29, 1.82) is 0 Å². The van der Waals surface area contributed by atoms with Gasteiger partial charge in [0.05, 0.1) is 10.6 Å². The third kappa shape index (κ3) is 4.32. The smallest absolute Gasteiger partial charge is 0.253 e. The lowest BCUT2D eigenvalue weighted by atomic mass is 10.1. The molecule has 0 heterocycles. The standard InChI is InChI=1S/C13H16Cl2N2O3S/c1-7(4-8-2-3-8)17-13(18)10-5-9(14)6-11(12(10)15)21(16,19)20/h5-8H,2-4H2,1H3,(H,17,18)(H2,16,19,20). The van der Waals surface area contributed by atoms with E-state index in [0.717, 1.165) is 12.5 Å². The van der Waals surface area contributed by atoms with Crippen LogP contribution < -0.4 is 10.5 Å². The van der Waals surface area contributed by atoms with Crippen LogP contribution in [0.25, 0.3) is 0 Å². The number of primary sulfonamides is 1. The first kappa shape index (κ1) is 16.5. The number of carbonyl (C=O) groups is 1. The van der Waals surface area contributed by atoms with Gasteiger partial charge in [-0.1, -0.05) is 36.0 Å². The molecule has 0 spiro atoms. The molecule has 1 aromatic rings. The highest BCUT2D eigenvalue weighted by Gasteiger charge is 2.26. The first-order chi connectivity index (χ1) is 9.68.